The van der Waals surface area contributed by atoms with Gasteiger partial charge in [-0.25, -0.2) is 16.8 Å². The summed E-state index contributed by atoms with van der Waals surface area (Å²) in [5.74, 6) is -0.565. The third kappa shape index (κ3) is 6.11. The summed E-state index contributed by atoms with van der Waals surface area (Å²) in [5.41, 5.74) is 0.954. The number of hydrogen-bond donors (Lipinski definition) is 3. The van der Waals surface area contributed by atoms with E-state index in [9.17, 15) is 21.6 Å². The molecule has 0 aliphatic heterocycles. The first-order valence-corrected chi connectivity index (χ1v) is 14.3. The molecular weight excluding hydrogens is 566 g/mol. The molecule has 1 amide bonds. The van der Waals surface area contributed by atoms with Crippen molar-refractivity contribution in [3.8, 4) is 0 Å². The van der Waals surface area contributed by atoms with Gasteiger partial charge in [-0.05, 0) is 72.8 Å². The molecule has 0 saturated carbocycles. The molecule has 36 heavy (non-hydrogen) atoms. The Balaban J connectivity index is 1.49. The lowest BCUT2D eigenvalue weighted by molar-refractivity contribution is 0.102. The number of halogens is 1. The Morgan fingerprint density at radius 3 is 1.78 bits per heavy atom. The predicted molar refractivity (Wildman–Crippen MR) is 143 cm³/mol. The lowest BCUT2D eigenvalue weighted by atomic mass is 10.1. The van der Waals surface area contributed by atoms with Crippen molar-refractivity contribution < 1.29 is 21.6 Å². The SMILES string of the molecule is O=C(Nc1ccc(S(=O)(=O)Nc2ccc(Br)cc2)cc1)c1ccccc1NS(=O)(=O)c1ccccc1. The molecule has 0 aliphatic rings. The van der Waals surface area contributed by atoms with E-state index in [1.165, 1.54) is 48.5 Å². The number of hydrogen-bond acceptors (Lipinski definition) is 5. The minimum atomic E-state index is -3.90. The summed E-state index contributed by atoms with van der Waals surface area (Å²) in [6.45, 7) is 0. The molecule has 3 N–H and O–H groups in total. The zero-order valence-corrected chi connectivity index (χ0v) is 21.8. The second-order valence-corrected chi connectivity index (χ2v) is 11.8. The van der Waals surface area contributed by atoms with Crippen LogP contribution in [0.1, 0.15) is 10.4 Å². The van der Waals surface area contributed by atoms with Gasteiger partial charge >= 0.3 is 0 Å². The van der Waals surface area contributed by atoms with Gasteiger partial charge < -0.3 is 5.32 Å². The molecule has 8 nitrogen and oxygen atoms in total. The summed E-state index contributed by atoms with van der Waals surface area (Å²) < 4.78 is 56.5. The van der Waals surface area contributed by atoms with Gasteiger partial charge in [0.15, 0.2) is 0 Å². The van der Waals surface area contributed by atoms with E-state index in [4.69, 9.17) is 0 Å². The van der Waals surface area contributed by atoms with Gasteiger partial charge in [0.2, 0.25) is 0 Å². The van der Waals surface area contributed by atoms with E-state index >= 15 is 0 Å². The quantitative estimate of drug-likeness (QED) is 0.259. The highest BCUT2D eigenvalue weighted by Crippen LogP contribution is 2.23. The molecule has 4 aromatic carbocycles. The molecule has 184 valence electrons. The van der Waals surface area contributed by atoms with Crippen LogP contribution >= 0.6 is 15.9 Å². The number of amides is 1. The Labute approximate surface area is 217 Å². The first-order chi connectivity index (χ1) is 17.1. The maximum absolute atomic E-state index is 12.9. The normalized spacial score (nSPS) is 11.5. The van der Waals surface area contributed by atoms with Crippen molar-refractivity contribution in [1.29, 1.82) is 0 Å². The molecule has 0 saturated heterocycles. The molecule has 0 bridgehead atoms. The summed E-state index contributed by atoms with van der Waals surface area (Å²) in [6, 6.07) is 26.3. The second kappa shape index (κ2) is 10.5. The van der Waals surface area contributed by atoms with Crippen molar-refractivity contribution >= 4 is 58.9 Å². The van der Waals surface area contributed by atoms with Crippen LogP contribution in [0.15, 0.2) is 117 Å². The zero-order valence-electron chi connectivity index (χ0n) is 18.6. The number of carbonyl (C=O) groups is 1. The number of nitrogens with one attached hydrogen (secondary N) is 3. The molecule has 0 radical (unpaired) electrons. The van der Waals surface area contributed by atoms with Gasteiger partial charge in [0.05, 0.1) is 21.0 Å². The first-order valence-electron chi connectivity index (χ1n) is 10.5. The Morgan fingerprint density at radius 2 is 1.11 bits per heavy atom. The third-order valence-corrected chi connectivity index (χ3v) is 8.30. The number of anilines is 3. The van der Waals surface area contributed by atoms with Gasteiger partial charge in [0.1, 0.15) is 0 Å². The lowest BCUT2D eigenvalue weighted by Gasteiger charge is -2.13. The van der Waals surface area contributed by atoms with Gasteiger partial charge in [0, 0.05) is 15.8 Å². The van der Waals surface area contributed by atoms with E-state index in [-0.39, 0.29) is 21.0 Å². The average molecular weight is 586 g/mol. The lowest BCUT2D eigenvalue weighted by Crippen LogP contribution is -2.18. The summed E-state index contributed by atoms with van der Waals surface area (Å²) in [4.78, 5) is 13.0. The van der Waals surface area contributed by atoms with Crippen LogP contribution in [0.3, 0.4) is 0 Å². The van der Waals surface area contributed by atoms with Gasteiger partial charge in [-0.1, -0.05) is 46.3 Å². The fourth-order valence-electron chi connectivity index (χ4n) is 3.22. The van der Waals surface area contributed by atoms with Gasteiger partial charge in [0.25, 0.3) is 26.0 Å². The Morgan fingerprint density at radius 1 is 0.583 bits per heavy atom. The standard InChI is InChI=1S/C25H20BrN3O5S2/c26-18-10-12-20(13-11-18)28-35(31,32)22-16-14-19(15-17-22)27-25(30)23-8-4-5-9-24(23)29-36(33,34)21-6-2-1-3-7-21/h1-17,28-29H,(H,27,30). The Bertz CT molecular complexity index is 1590. The van der Waals surface area contributed by atoms with Crippen LogP contribution in [0.5, 0.6) is 0 Å². The van der Waals surface area contributed by atoms with Crippen molar-refractivity contribution in [1.82, 2.24) is 0 Å². The number of carbonyl (C=O) groups excluding carboxylic acids is 1. The highest BCUT2D eigenvalue weighted by Gasteiger charge is 2.19. The maximum Gasteiger partial charge on any atom is 0.261 e. The number of sulfonamides is 2. The van der Waals surface area contributed by atoms with Crippen molar-refractivity contribution in [2.45, 2.75) is 9.79 Å². The topological polar surface area (TPSA) is 121 Å². The monoisotopic (exact) mass is 585 g/mol. The fraction of sp³-hybridized carbons (Fsp3) is 0. The molecule has 0 unspecified atom stereocenters. The average Bonchev–Trinajstić information content (AvgIpc) is 2.86. The van der Waals surface area contributed by atoms with Crippen molar-refractivity contribution in [3.63, 3.8) is 0 Å². The molecule has 0 atom stereocenters. The summed E-state index contributed by atoms with van der Waals surface area (Å²) in [7, 11) is -7.73. The van der Waals surface area contributed by atoms with E-state index in [1.807, 2.05) is 0 Å². The molecule has 0 aromatic heterocycles. The Hall–Kier alpha value is -3.67. The van der Waals surface area contributed by atoms with Crippen LogP contribution in [0, 0.1) is 0 Å². The summed E-state index contributed by atoms with van der Waals surface area (Å²) >= 11 is 3.30. The van der Waals surface area contributed by atoms with Gasteiger partial charge in [-0.3, -0.25) is 14.2 Å². The molecule has 0 heterocycles. The van der Waals surface area contributed by atoms with Crippen molar-refractivity contribution in [2.24, 2.45) is 0 Å². The summed E-state index contributed by atoms with van der Waals surface area (Å²) in [6.07, 6.45) is 0. The zero-order chi connectivity index (χ0) is 25.8. The Kier molecular flexibility index (Phi) is 7.43. The number of rotatable bonds is 8. The first kappa shape index (κ1) is 25.4. The smallest absolute Gasteiger partial charge is 0.261 e. The van der Waals surface area contributed by atoms with Crippen LogP contribution in [0.25, 0.3) is 0 Å². The highest BCUT2D eigenvalue weighted by atomic mass is 79.9. The van der Waals surface area contributed by atoms with Crippen LogP contribution in [0.4, 0.5) is 17.1 Å². The molecule has 0 fully saturated rings. The van der Waals surface area contributed by atoms with E-state index in [2.05, 4.69) is 30.7 Å². The van der Waals surface area contributed by atoms with Crippen LogP contribution in [-0.2, 0) is 20.0 Å². The van der Waals surface area contributed by atoms with Crippen molar-refractivity contribution in [3.05, 3.63) is 113 Å². The highest BCUT2D eigenvalue weighted by molar-refractivity contribution is 9.10. The van der Waals surface area contributed by atoms with E-state index < -0.39 is 26.0 Å². The van der Waals surface area contributed by atoms with Crippen LogP contribution < -0.4 is 14.8 Å². The number of benzene rings is 4. The molecule has 4 rings (SSSR count). The molecule has 11 heteroatoms. The van der Waals surface area contributed by atoms with Crippen LogP contribution in [0.2, 0.25) is 0 Å². The van der Waals surface area contributed by atoms with E-state index in [0.29, 0.717) is 11.4 Å². The van der Waals surface area contributed by atoms with Crippen molar-refractivity contribution in [2.75, 3.05) is 14.8 Å². The molecule has 4 aromatic rings. The largest absolute Gasteiger partial charge is 0.322 e. The van der Waals surface area contributed by atoms with Gasteiger partial charge in [-0.2, -0.15) is 0 Å². The van der Waals surface area contributed by atoms with Gasteiger partial charge in [-0.15, -0.1) is 0 Å². The second-order valence-electron chi connectivity index (χ2n) is 7.56. The predicted octanol–water partition coefficient (Wildman–Crippen LogP) is 5.30. The number of para-hydroxylation sites is 1. The van der Waals surface area contributed by atoms with E-state index in [0.717, 1.165) is 4.47 Å². The molecule has 0 spiro atoms. The fourth-order valence-corrected chi connectivity index (χ4v) is 5.65. The third-order valence-electron chi connectivity index (χ3n) is 4.99. The summed E-state index contributed by atoms with van der Waals surface area (Å²) in [5, 5.41) is 2.66. The minimum absolute atomic E-state index is 0.0134. The van der Waals surface area contributed by atoms with E-state index in [1.54, 1.807) is 54.6 Å². The molecule has 0 aliphatic carbocycles. The minimum Gasteiger partial charge on any atom is -0.322 e. The maximum atomic E-state index is 12.9. The molecular formula is C25H20BrN3O5S2. The van der Waals surface area contributed by atoms with Crippen LogP contribution in [-0.4, -0.2) is 22.7 Å².